The van der Waals surface area contributed by atoms with E-state index in [1.165, 1.54) is 33.9 Å². The fourth-order valence-corrected chi connectivity index (χ4v) is 5.14. The molecule has 0 atom stereocenters. The zero-order valence-corrected chi connectivity index (χ0v) is 17.0. The lowest BCUT2D eigenvalue weighted by atomic mass is 10.2. The third-order valence-corrected chi connectivity index (χ3v) is 6.69. The molecule has 9 heteroatoms. The van der Waals surface area contributed by atoms with Crippen molar-refractivity contribution in [3.05, 3.63) is 88.2 Å². The van der Waals surface area contributed by atoms with Gasteiger partial charge in [-0.3, -0.25) is 9.36 Å². The van der Waals surface area contributed by atoms with Crippen LogP contribution in [0.25, 0.3) is 20.4 Å². The van der Waals surface area contributed by atoms with Gasteiger partial charge in [0.15, 0.2) is 5.16 Å². The fourth-order valence-electron chi connectivity index (χ4n) is 3.15. The summed E-state index contributed by atoms with van der Waals surface area (Å²) in [5, 5.41) is 1.19. The van der Waals surface area contributed by atoms with Gasteiger partial charge in [0, 0.05) is 22.9 Å². The Balaban J connectivity index is 1.64. The second-order valence-electron chi connectivity index (χ2n) is 6.53. The van der Waals surface area contributed by atoms with Gasteiger partial charge in [-0.2, -0.15) is 0 Å². The first-order valence-electron chi connectivity index (χ1n) is 8.97. The van der Waals surface area contributed by atoms with E-state index < -0.39 is 11.6 Å². The Hall–Kier alpha value is -3.04. The van der Waals surface area contributed by atoms with Gasteiger partial charge in [-0.15, -0.1) is 11.3 Å². The maximum Gasteiger partial charge on any atom is 0.272 e. The Morgan fingerprint density at radius 2 is 2.07 bits per heavy atom. The van der Waals surface area contributed by atoms with Crippen molar-refractivity contribution in [2.45, 2.75) is 17.5 Å². The van der Waals surface area contributed by atoms with Crippen LogP contribution in [0.4, 0.5) is 8.78 Å². The molecule has 5 nitrogen and oxygen atoms in total. The van der Waals surface area contributed by atoms with Crippen LogP contribution in [0.15, 0.2) is 69.3 Å². The van der Waals surface area contributed by atoms with E-state index >= 15 is 0 Å². The van der Waals surface area contributed by atoms with Gasteiger partial charge >= 0.3 is 0 Å². The van der Waals surface area contributed by atoms with Crippen LogP contribution in [0.2, 0.25) is 0 Å². The minimum absolute atomic E-state index is 0.125. The van der Waals surface area contributed by atoms with Gasteiger partial charge in [0.25, 0.3) is 5.56 Å². The summed E-state index contributed by atoms with van der Waals surface area (Å²) in [6, 6.07) is 10.5. The molecule has 1 aromatic carbocycles. The van der Waals surface area contributed by atoms with Crippen molar-refractivity contribution in [2.24, 2.45) is 0 Å². The van der Waals surface area contributed by atoms with E-state index in [1.54, 1.807) is 24.4 Å². The monoisotopic (exact) mass is 441 g/mol. The Morgan fingerprint density at radius 3 is 2.90 bits per heavy atom. The molecule has 0 saturated heterocycles. The SMILES string of the molecule is O=c1c2sc3ncccc3c2nc(SCc2cc(F)ccc2F)n1Cc1ccco1. The molecular weight excluding hydrogens is 428 g/mol. The Morgan fingerprint density at radius 1 is 1.17 bits per heavy atom. The molecule has 30 heavy (non-hydrogen) atoms. The van der Waals surface area contributed by atoms with Crippen LogP contribution < -0.4 is 5.56 Å². The minimum atomic E-state index is -0.515. The van der Waals surface area contributed by atoms with Gasteiger partial charge in [-0.05, 0) is 42.5 Å². The predicted octanol–water partition coefficient (Wildman–Crippen LogP) is 5.22. The molecule has 0 aliphatic rings. The number of benzene rings is 1. The number of hydrogen-bond donors (Lipinski definition) is 0. The topological polar surface area (TPSA) is 60.9 Å². The number of rotatable bonds is 5. The number of furan rings is 1. The van der Waals surface area contributed by atoms with Gasteiger partial charge in [0.1, 0.15) is 26.9 Å². The maximum atomic E-state index is 14.1. The van der Waals surface area contributed by atoms with Crippen LogP contribution in [-0.2, 0) is 12.3 Å². The standard InChI is InChI=1S/C21H13F2N3O2S2/c22-13-5-6-16(23)12(9-13)11-29-21-25-17-15-4-1-7-24-19(15)30-18(17)20(27)26(21)10-14-3-2-8-28-14/h1-9H,10-11H2. The van der Waals surface area contributed by atoms with Crippen molar-refractivity contribution in [3.8, 4) is 0 Å². The lowest BCUT2D eigenvalue weighted by molar-refractivity contribution is 0.477. The normalized spacial score (nSPS) is 11.5. The van der Waals surface area contributed by atoms with Crippen molar-refractivity contribution in [1.29, 1.82) is 0 Å². The van der Waals surface area contributed by atoms with Crippen molar-refractivity contribution in [1.82, 2.24) is 14.5 Å². The van der Waals surface area contributed by atoms with E-state index in [4.69, 9.17) is 9.40 Å². The summed E-state index contributed by atoms with van der Waals surface area (Å²) in [5.74, 6) is -0.301. The van der Waals surface area contributed by atoms with Crippen LogP contribution >= 0.6 is 23.1 Å². The summed E-state index contributed by atoms with van der Waals surface area (Å²) in [6.45, 7) is 0.185. The van der Waals surface area contributed by atoms with Gasteiger partial charge < -0.3 is 4.42 Å². The largest absolute Gasteiger partial charge is 0.467 e. The third kappa shape index (κ3) is 3.40. The third-order valence-electron chi connectivity index (χ3n) is 4.58. The average Bonchev–Trinajstić information content (AvgIpc) is 3.39. The van der Waals surface area contributed by atoms with Crippen molar-refractivity contribution >= 4 is 43.5 Å². The molecule has 0 N–H and O–H groups in total. The summed E-state index contributed by atoms with van der Waals surface area (Å²) >= 11 is 2.46. The van der Waals surface area contributed by atoms with E-state index in [0.29, 0.717) is 21.1 Å². The lowest BCUT2D eigenvalue weighted by Crippen LogP contribution is -2.23. The number of thioether (sulfide) groups is 1. The zero-order valence-electron chi connectivity index (χ0n) is 15.3. The molecule has 0 saturated carbocycles. The second kappa shape index (κ2) is 7.66. The molecule has 0 bridgehead atoms. The smallest absolute Gasteiger partial charge is 0.272 e. The van der Waals surface area contributed by atoms with Crippen LogP contribution in [0.3, 0.4) is 0 Å². The van der Waals surface area contributed by atoms with Gasteiger partial charge in [-0.25, -0.2) is 18.7 Å². The average molecular weight is 441 g/mol. The first kappa shape index (κ1) is 19.0. The molecule has 0 spiro atoms. The Bertz CT molecular complexity index is 1430. The number of thiophene rings is 1. The molecule has 0 fully saturated rings. The highest BCUT2D eigenvalue weighted by molar-refractivity contribution is 7.98. The van der Waals surface area contributed by atoms with Gasteiger partial charge in [0.05, 0.1) is 18.3 Å². The molecule has 0 amide bonds. The predicted molar refractivity (Wildman–Crippen MR) is 113 cm³/mol. The zero-order chi connectivity index (χ0) is 20.7. The number of halogens is 2. The molecule has 4 heterocycles. The highest BCUT2D eigenvalue weighted by atomic mass is 32.2. The van der Waals surface area contributed by atoms with Crippen molar-refractivity contribution in [2.75, 3.05) is 0 Å². The summed E-state index contributed by atoms with van der Waals surface area (Å²) < 4.78 is 35.0. The van der Waals surface area contributed by atoms with E-state index in [2.05, 4.69) is 4.98 Å². The number of nitrogens with zero attached hydrogens (tertiary/aromatic N) is 3. The highest BCUT2D eigenvalue weighted by Crippen LogP contribution is 2.31. The number of fused-ring (bicyclic) bond motifs is 3. The first-order chi connectivity index (χ1) is 14.6. The van der Waals surface area contributed by atoms with Crippen LogP contribution in [0.1, 0.15) is 11.3 Å². The lowest BCUT2D eigenvalue weighted by Gasteiger charge is -2.11. The van der Waals surface area contributed by atoms with Gasteiger partial charge in [-0.1, -0.05) is 11.8 Å². The quantitative estimate of drug-likeness (QED) is 0.277. The number of aromatic nitrogens is 3. The molecule has 0 aliphatic carbocycles. The van der Waals surface area contributed by atoms with Crippen LogP contribution in [0.5, 0.6) is 0 Å². The summed E-state index contributed by atoms with van der Waals surface area (Å²) in [4.78, 5) is 23.0. The Labute approximate surface area is 177 Å². The molecule has 0 radical (unpaired) electrons. The van der Waals surface area contributed by atoms with E-state index in [0.717, 1.165) is 28.4 Å². The molecule has 150 valence electrons. The minimum Gasteiger partial charge on any atom is -0.467 e. The molecule has 0 unspecified atom stereocenters. The van der Waals surface area contributed by atoms with E-state index in [1.807, 2.05) is 6.07 Å². The van der Waals surface area contributed by atoms with Crippen molar-refractivity contribution in [3.63, 3.8) is 0 Å². The molecule has 4 aromatic heterocycles. The highest BCUT2D eigenvalue weighted by Gasteiger charge is 2.18. The second-order valence-corrected chi connectivity index (χ2v) is 8.47. The van der Waals surface area contributed by atoms with Crippen molar-refractivity contribution < 1.29 is 13.2 Å². The van der Waals surface area contributed by atoms with Crippen LogP contribution in [-0.4, -0.2) is 14.5 Å². The molecule has 5 rings (SSSR count). The van der Waals surface area contributed by atoms with E-state index in [9.17, 15) is 13.6 Å². The maximum absolute atomic E-state index is 14.1. The summed E-state index contributed by atoms with van der Waals surface area (Å²) in [6.07, 6.45) is 3.20. The molecule has 0 aliphatic heterocycles. The summed E-state index contributed by atoms with van der Waals surface area (Å²) in [5.41, 5.74) is 0.545. The molecule has 5 aromatic rings. The van der Waals surface area contributed by atoms with E-state index in [-0.39, 0.29) is 23.4 Å². The number of pyridine rings is 1. The summed E-state index contributed by atoms with van der Waals surface area (Å²) in [7, 11) is 0. The first-order valence-corrected chi connectivity index (χ1v) is 10.8. The van der Waals surface area contributed by atoms with Gasteiger partial charge in [0.2, 0.25) is 0 Å². The number of hydrogen-bond acceptors (Lipinski definition) is 6. The molecular formula is C21H13F2N3O2S2. The fraction of sp³-hybridized carbons (Fsp3) is 0.0952. The Kier molecular flexibility index (Phi) is 4.84. The van der Waals surface area contributed by atoms with Crippen LogP contribution in [0, 0.1) is 11.6 Å².